The molecule has 0 aliphatic carbocycles. The second-order valence-electron chi connectivity index (χ2n) is 2.91. The summed E-state index contributed by atoms with van der Waals surface area (Å²) in [6, 6.07) is 5.92. The Hall–Kier alpha value is -1.00. The van der Waals surface area contributed by atoms with Gasteiger partial charge in [-0.15, -0.1) is 0 Å². The molecule has 0 saturated heterocycles. The molecule has 1 aromatic rings. The Morgan fingerprint density at radius 3 is 2.27 bits per heavy atom. The summed E-state index contributed by atoms with van der Waals surface area (Å²) in [5.41, 5.74) is 0. The van der Waals surface area contributed by atoms with Crippen molar-refractivity contribution in [2.24, 2.45) is 0 Å². The third-order valence-corrected chi connectivity index (χ3v) is 3.16. The van der Waals surface area contributed by atoms with Crippen molar-refractivity contribution in [2.45, 2.75) is 18.7 Å². The minimum absolute atomic E-state index is 0.0645. The number of rotatable bonds is 3. The van der Waals surface area contributed by atoms with Crippen molar-refractivity contribution in [3.05, 3.63) is 36.1 Å². The average Bonchev–Trinajstić information content (AvgIpc) is 2.17. The highest BCUT2D eigenvalue weighted by Crippen LogP contribution is 2.20. The fraction of sp³-hybridized carbons (Fsp3) is 0.200. The molecule has 0 heterocycles. The van der Waals surface area contributed by atoms with Gasteiger partial charge >= 0.3 is 0 Å². The first-order valence-electron chi connectivity index (χ1n) is 4.29. The number of benzene rings is 1. The molecule has 3 nitrogen and oxygen atoms in total. The van der Waals surface area contributed by atoms with Gasteiger partial charge in [-0.3, -0.25) is 0 Å². The van der Waals surface area contributed by atoms with Crippen LogP contribution in [0.5, 0.6) is 5.75 Å². The first-order chi connectivity index (χ1) is 6.93. The summed E-state index contributed by atoms with van der Waals surface area (Å²) in [6.07, 6.45) is 1.81. The molecule has 0 bridgehead atoms. The standard InChI is InChI=1S/C10H11ClO3S/c1-3-8(2)14-9-4-6-10(7-5-9)15(11,12)13/h3-7H,1-2H3. The maximum Gasteiger partial charge on any atom is 0.261 e. The molecule has 0 amide bonds. The van der Waals surface area contributed by atoms with E-state index in [1.807, 2.05) is 19.9 Å². The van der Waals surface area contributed by atoms with Gasteiger partial charge in [-0.1, -0.05) is 0 Å². The highest BCUT2D eigenvalue weighted by Gasteiger charge is 2.09. The fourth-order valence-electron chi connectivity index (χ4n) is 0.915. The lowest BCUT2D eigenvalue weighted by Gasteiger charge is -2.05. The molecule has 0 spiro atoms. The summed E-state index contributed by atoms with van der Waals surface area (Å²) in [5.74, 6) is 1.33. The van der Waals surface area contributed by atoms with Crippen molar-refractivity contribution in [1.82, 2.24) is 0 Å². The molecule has 5 heteroatoms. The van der Waals surface area contributed by atoms with Crippen LogP contribution in [-0.2, 0) is 9.05 Å². The van der Waals surface area contributed by atoms with Crippen LogP contribution >= 0.6 is 10.7 Å². The summed E-state index contributed by atoms with van der Waals surface area (Å²) in [6.45, 7) is 3.67. The quantitative estimate of drug-likeness (QED) is 0.608. The molecule has 0 N–H and O–H groups in total. The van der Waals surface area contributed by atoms with Crippen molar-refractivity contribution in [3.63, 3.8) is 0 Å². The van der Waals surface area contributed by atoms with Gasteiger partial charge in [0.25, 0.3) is 9.05 Å². The summed E-state index contributed by atoms with van der Waals surface area (Å²) >= 11 is 0. The van der Waals surface area contributed by atoms with E-state index >= 15 is 0 Å². The van der Waals surface area contributed by atoms with Crippen LogP contribution in [0.4, 0.5) is 0 Å². The Morgan fingerprint density at radius 1 is 1.33 bits per heavy atom. The third-order valence-electron chi connectivity index (χ3n) is 1.79. The number of ether oxygens (including phenoxy) is 1. The first-order valence-corrected chi connectivity index (χ1v) is 6.60. The van der Waals surface area contributed by atoms with Crippen LogP contribution in [0.2, 0.25) is 0 Å². The Bertz CT molecular complexity index is 460. The Morgan fingerprint density at radius 2 is 1.87 bits per heavy atom. The monoisotopic (exact) mass is 246 g/mol. The lowest BCUT2D eigenvalue weighted by molar-refractivity contribution is 0.426. The van der Waals surface area contributed by atoms with E-state index in [4.69, 9.17) is 15.4 Å². The second kappa shape index (κ2) is 4.68. The predicted octanol–water partition coefficient (Wildman–Crippen LogP) is 2.92. The SMILES string of the molecule is CC=C(C)Oc1ccc(S(=O)(=O)Cl)cc1. The average molecular weight is 247 g/mol. The van der Waals surface area contributed by atoms with E-state index in [1.54, 1.807) is 12.1 Å². The zero-order valence-corrected chi connectivity index (χ0v) is 9.97. The predicted molar refractivity (Wildman–Crippen MR) is 59.5 cm³/mol. The van der Waals surface area contributed by atoms with E-state index in [1.165, 1.54) is 12.1 Å². The topological polar surface area (TPSA) is 43.4 Å². The van der Waals surface area contributed by atoms with E-state index in [0.717, 1.165) is 5.76 Å². The highest BCUT2D eigenvalue weighted by molar-refractivity contribution is 8.13. The van der Waals surface area contributed by atoms with Crippen molar-refractivity contribution < 1.29 is 13.2 Å². The van der Waals surface area contributed by atoms with Crippen LogP contribution in [0.3, 0.4) is 0 Å². The summed E-state index contributed by atoms with van der Waals surface area (Å²) in [4.78, 5) is 0.0645. The van der Waals surface area contributed by atoms with Gasteiger partial charge in [0.2, 0.25) is 0 Å². The molecular formula is C10H11ClO3S. The van der Waals surface area contributed by atoms with Crippen molar-refractivity contribution >= 4 is 19.7 Å². The van der Waals surface area contributed by atoms with Crippen LogP contribution in [-0.4, -0.2) is 8.42 Å². The molecular weight excluding hydrogens is 236 g/mol. The maximum absolute atomic E-state index is 10.9. The van der Waals surface area contributed by atoms with E-state index in [9.17, 15) is 8.42 Å². The third kappa shape index (κ3) is 3.57. The van der Waals surface area contributed by atoms with Gasteiger partial charge in [0, 0.05) is 10.7 Å². The maximum atomic E-state index is 10.9. The van der Waals surface area contributed by atoms with Crippen molar-refractivity contribution in [3.8, 4) is 5.75 Å². The molecule has 15 heavy (non-hydrogen) atoms. The molecule has 0 saturated carbocycles. The lowest BCUT2D eigenvalue weighted by atomic mass is 10.3. The largest absolute Gasteiger partial charge is 0.462 e. The van der Waals surface area contributed by atoms with Crippen LogP contribution in [0.1, 0.15) is 13.8 Å². The second-order valence-corrected chi connectivity index (χ2v) is 5.48. The zero-order valence-electron chi connectivity index (χ0n) is 8.40. The van der Waals surface area contributed by atoms with Gasteiger partial charge in [-0.2, -0.15) is 0 Å². The minimum atomic E-state index is -3.65. The first kappa shape index (κ1) is 12.1. The van der Waals surface area contributed by atoms with Crippen LogP contribution in [0.15, 0.2) is 41.0 Å². The summed E-state index contributed by atoms with van der Waals surface area (Å²) in [7, 11) is 1.51. The van der Waals surface area contributed by atoms with Crippen molar-refractivity contribution in [1.29, 1.82) is 0 Å². The molecule has 1 rings (SSSR count). The number of allylic oxidation sites excluding steroid dienone is 2. The van der Waals surface area contributed by atoms with E-state index in [-0.39, 0.29) is 4.90 Å². The number of halogens is 1. The van der Waals surface area contributed by atoms with Gasteiger partial charge < -0.3 is 4.74 Å². The molecule has 0 radical (unpaired) electrons. The smallest absolute Gasteiger partial charge is 0.261 e. The minimum Gasteiger partial charge on any atom is -0.462 e. The summed E-state index contributed by atoms with van der Waals surface area (Å²) in [5, 5.41) is 0. The molecule has 0 fully saturated rings. The molecule has 0 atom stereocenters. The van der Waals surface area contributed by atoms with E-state index in [0.29, 0.717) is 5.75 Å². The number of hydrogen-bond donors (Lipinski definition) is 0. The molecule has 82 valence electrons. The molecule has 1 aromatic carbocycles. The van der Waals surface area contributed by atoms with Gasteiger partial charge in [0.1, 0.15) is 5.75 Å². The van der Waals surface area contributed by atoms with E-state index < -0.39 is 9.05 Å². The van der Waals surface area contributed by atoms with Gasteiger partial charge in [-0.05, 0) is 44.2 Å². The van der Waals surface area contributed by atoms with Gasteiger partial charge in [-0.25, -0.2) is 8.42 Å². The Balaban J connectivity index is 2.91. The number of hydrogen-bond acceptors (Lipinski definition) is 3. The van der Waals surface area contributed by atoms with Gasteiger partial charge in [0.15, 0.2) is 0 Å². The van der Waals surface area contributed by atoms with Gasteiger partial charge in [0.05, 0.1) is 10.7 Å². The molecule has 0 aliphatic heterocycles. The van der Waals surface area contributed by atoms with Crippen molar-refractivity contribution in [2.75, 3.05) is 0 Å². The lowest BCUT2D eigenvalue weighted by Crippen LogP contribution is -1.92. The Labute approximate surface area is 93.7 Å². The van der Waals surface area contributed by atoms with Crippen LogP contribution in [0, 0.1) is 0 Å². The molecule has 0 unspecified atom stereocenters. The van der Waals surface area contributed by atoms with E-state index in [2.05, 4.69) is 0 Å². The highest BCUT2D eigenvalue weighted by atomic mass is 35.7. The fourth-order valence-corrected chi connectivity index (χ4v) is 1.68. The summed E-state index contributed by atoms with van der Waals surface area (Å²) < 4.78 is 27.2. The Kier molecular flexibility index (Phi) is 3.77. The van der Waals surface area contributed by atoms with Crippen LogP contribution < -0.4 is 4.74 Å². The molecule has 0 aromatic heterocycles. The normalized spacial score (nSPS) is 12.6. The molecule has 0 aliphatic rings. The zero-order chi connectivity index (χ0) is 11.5. The van der Waals surface area contributed by atoms with Crippen LogP contribution in [0.25, 0.3) is 0 Å².